The Morgan fingerprint density at radius 2 is 2.00 bits per heavy atom. The molecular formula is C17H24FN3. The van der Waals surface area contributed by atoms with Crippen molar-refractivity contribution in [3.8, 4) is 5.69 Å². The van der Waals surface area contributed by atoms with Gasteiger partial charge in [0.25, 0.3) is 0 Å². The maximum absolute atomic E-state index is 14.0. The van der Waals surface area contributed by atoms with E-state index in [1.54, 1.807) is 13.0 Å². The first-order valence-electron chi connectivity index (χ1n) is 7.53. The van der Waals surface area contributed by atoms with Crippen molar-refractivity contribution >= 4 is 0 Å². The van der Waals surface area contributed by atoms with E-state index >= 15 is 0 Å². The molecule has 0 aliphatic carbocycles. The molecule has 114 valence electrons. The van der Waals surface area contributed by atoms with E-state index < -0.39 is 0 Å². The van der Waals surface area contributed by atoms with Crippen LogP contribution in [0, 0.1) is 12.7 Å². The molecule has 2 rings (SSSR count). The van der Waals surface area contributed by atoms with Gasteiger partial charge in [0.1, 0.15) is 5.82 Å². The van der Waals surface area contributed by atoms with Crippen molar-refractivity contribution in [1.29, 1.82) is 0 Å². The van der Waals surface area contributed by atoms with E-state index in [2.05, 4.69) is 24.3 Å². The molecule has 21 heavy (non-hydrogen) atoms. The summed E-state index contributed by atoms with van der Waals surface area (Å²) < 4.78 is 15.8. The fourth-order valence-electron chi connectivity index (χ4n) is 2.42. The van der Waals surface area contributed by atoms with Gasteiger partial charge in [-0.25, -0.2) is 9.07 Å². The second kappa shape index (κ2) is 6.39. The molecule has 0 saturated carbocycles. The first-order chi connectivity index (χ1) is 9.93. The molecule has 0 aliphatic rings. The summed E-state index contributed by atoms with van der Waals surface area (Å²) in [6, 6.07) is 5.59. The summed E-state index contributed by atoms with van der Waals surface area (Å²) in [7, 11) is 0. The van der Waals surface area contributed by atoms with Gasteiger partial charge in [-0.1, -0.05) is 20.8 Å². The van der Waals surface area contributed by atoms with E-state index in [0.29, 0.717) is 11.5 Å². The van der Waals surface area contributed by atoms with Gasteiger partial charge in [-0.3, -0.25) is 0 Å². The van der Waals surface area contributed by atoms with E-state index in [1.165, 1.54) is 0 Å². The van der Waals surface area contributed by atoms with Crippen LogP contribution in [0.3, 0.4) is 0 Å². The van der Waals surface area contributed by atoms with Crippen LogP contribution >= 0.6 is 0 Å². The summed E-state index contributed by atoms with van der Waals surface area (Å²) in [4.78, 5) is 0. The quantitative estimate of drug-likeness (QED) is 0.897. The molecule has 0 fully saturated rings. The number of aromatic nitrogens is 2. The summed E-state index contributed by atoms with van der Waals surface area (Å²) in [5, 5.41) is 7.96. The zero-order chi connectivity index (χ0) is 15.6. The highest BCUT2D eigenvalue weighted by Crippen LogP contribution is 2.25. The maximum Gasteiger partial charge on any atom is 0.126 e. The topological polar surface area (TPSA) is 29.9 Å². The van der Waals surface area contributed by atoms with Crippen LogP contribution in [0.4, 0.5) is 4.39 Å². The standard InChI is InChI=1S/C17H24FN3/c1-6-19-13(5)14-10-15(18)12(4)9-17(14)21-8-7-16(20-21)11(2)3/h7-11,13,19H,6H2,1-5H3. The molecule has 1 aromatic heterocycles. The maximum atomic E-state index is 14.0. The zero-order valence-electron chi connectivity index (χ0n) is 13.4. The lowest BCUT2D eigenvalue weighted by Gasteiger charge is -2.18. The third kappa shape index (κ3) is 3.32. The molecule has 1 unspecified atom stereocenters. The normalized spacial score (nSPS) is 12.9. The number of hydrogen-bond donors (Lipinski definition) is 1. The Morgan fingerprint density at radius 1 is 1.29 bits per heavy atom. The van der Waals surface area contributed by atoms with Crippen molar-refractivity contribution in [1.82, 2.24) is 15.1 Å². The second-order valence-corrected chi connectivity index (χ2v) is 5.78. The van der Waals surface area contributed by atoms with E-state index in [4.69, 9.17) is 0 Å². The summed E-state index contributed by atoms with van der Waals surface area (Å²) >= 11 is 0. The van der Waals surface area contributed by atoms with Crippen molar-refractivity contribution in [3.05, 3.63) is 47.0 Å². The van der Waals surface area contributed by atoms with Crippen molar-refractivity contribution in [3.63, 3.8) is 0 Å². The fourth-order valence-corrected chi connectivity index (χ4v) is 2.42. The number of aryl methyl sites for hydroxylation is 1. The van der Waals surface area contributed by atoms with Crippen LogP contribution in [0.5, 0.6) is 0 Å². The van der Waals surface area contributed by atoms with Gasteiger partial charge in [-0.15, -0.1) is 0 Å². The fraction of sp³-hybridized carbons (Fsp3) is 0.471. The highest BCUT2D eigenvalue weighted by Gasteiger charge is 2.15. The largest absolute Gasteiger partial charge is 0.310 e. The Kier molecular flexibility index (Phi) is 4.78. The SMILES string of the molecule is CCNC(C)c1cc(F)c(C)cc1-n1ccc(C(C)C)n1. The summed E-state index contributed by atoms with van der Waals surface area (Å²) in [5.41, 5.74) is 3.55. The highest BCUT2D eigenvalue weighted by molar-refractivity contribution is 5.45. The monoisotopic (exact) mass is 289 g/mol. The Labute approximate surface area is 126 Å². The molecule has 0 saturated heterocycles. The molecule has 1 aromatic carbocycles. The van der Waals surface area contributed by atoms with Gasteiger partial charge in [0.15, 0.2) is 0 Å². The first kappa shape index (κ1) is 15.7. The van der Waals surface area contributed by atoms with Crippen LogP contribution in [-0.4, -0.2) is 16.3 Å². The number of nitrogens with zero attached hydrogens (tertiary/aromatic N) is 2. The molecule has 1 N–H and O–H groups in total. The summed E-state index contributed by atoms with van der Waals surface area (Å²) in [6.45, 7) is 10.9. The average Bonchev–Trinajstić information content (AvgIpc) is 2.91. The molecule has 0 bridgehead atoms. The van der Waals surface area contributed by atoms with Crippen molar-refractivity contribution in [2.75, 3.05) is 6.54 Å². The van der Waals surface area contributed by atoms with Crippen LogP contribution in [-0.2, 0) is 0 Å². The first-order valence-corrected chi connectivity index (χ1v) is 7.53. The lowest BCUT2D eigenvalue weighted by atomic mass is 10.0. The Morgan fingerprint density at radius 3 is 2.57 bits per heavy atom. The number of hydrogen-bond acceptors (Lipinski definition) is 2. The van der Waals surface area contributed by atoms with E-state index in [-0.39, 0.29) is 11.9 Å². The van der Waals surface area contributed by atoms with Gasteiger partial charge in [-0.2, -0.15) is 5.10 Å². The molecule has 0 aliphatic heterocycles. The van der Waals surface area contributed by atoms with Crippen LogP contribution in [0.1, 0.15) is 56.5 Å². The summed E-state index contributed by atoms with van der Waals surface area (Å²) in [6.07, 6.45) is 1.95. The van der Waals surface area contributed by atoms with Crippen LogP contribution in [0.25, 0.3) is 5.69 Å². The lowest BCUT2D eigenvalue weighted by Crippen LogP contribution is -2.20. The molecule has 2 aromatic rings. The smallest absolute Gasteiger partial charge is 0.126 e. The Balaban J connectivity index is 2.51. The van der Waals surface area contributed by atoms with Gasteiger partial charge in [0.2, 0.25) is 0 Å². The average molecular weight is 289 g/mol. The molecule has 0 amide bonds. The number of benzene rings is 1. The predicted octanol–water partition coefficient (Wildman–Crippen LogP) is 4.11. The molecule has 3 nitrogen and oxygen atoms in total. The number of nitrogens with one attached hydrogen (secondary N) is 1. The second-order valence-electron chi connectivity index (χ2n) is 5.78. The van der Waals surface area contributed by atoms with Crippen molar-refractivity contribution < 1.29 is 4.39 Å². The Hall–Kier alpha value is -1.68. The molecule has 1 heterocycles. The van der Waals surface area contributed by atoms with Crippen molar-refractivity contribution in [2.45, 2.75) is 46.6 Å². The van der Waals surface area contributed by atoms with Gasteiger partial charge in [0.05, 0.1) is 11.4 Å². The number of rotatable bonds is 5. The minimum Gasteiger partial charge on any atom is -0.310 e. The van der Waals surface area contributed by atoms with Crippen LogP contribution in [0.2, 0.25) is 0 Å². The third-order valence-corrected chi connectivity index (χ3v) is 3.73. The number of halogens is 1. The van der Waals surface area contributed by atoms with Gasteiger partial charge in [0, 0.05) is 12.2 Å². The minimum absolute atomic E-state index is 0.0757. The van der Waals surface area contributed by atoms with Crippen molar-refractivity contribution in [2.24, 2.45) is 0 Å². The minimum atomic E-state index is -0.172. The zero-order valence-corrected chi connectivity index (χ0v) is 13.4. The highest BCUT2D eigenvalue weighted by atomic mass is 19.1. The Bertz CT molecular complexity index is 616. The van der Waals surface area contributed by atoms with Crippen LogP contribution < -0.4 is 5.32 Å². The predicted molar refractivity (Wildman–Crippen MR) is 84.4 cm³/mol. The lowest BCUT2D eigenvalue weighted by molar-refractivity contribution is 0.574. The van der Waals surface area contributed by atoms with E-state index in [9.17, 15) is 4.39 Å². The molecule has 0 radical (unpaired) electrons. The van der Waals surface area contributed by atoms with Crippen LogP contribution in [0.15, 0.2) is 24.4 Å². The molecular weight excluding hydrogens is 265 g/mol. The van der Waals surface area contributed by atoms with Gasteiger partial charge >= 0.3 is 0 Å². The van der Waals surface area contributed by atoms with Gasteiger partial charge in [-0.05, 0) is 55.6 Å². The molecule has 0 spiro atoms. The third-order valence-electron chi connectivity index (χ3n) is 3.73. The molecule has 1 atom stereocenters. The van der Waals surface area contributed by atoms with E-state index in [0.717, 1.165) is 23.5 Å². The van der Waals surface area contributed by atoms with E-state index in [1.807, 2.05) is 36.9 Å². The summed E-state index contributed by atoms with van der Waals surface area (Å²) in [5.74, 6) is 0.206. The van der Waals surface area contributed by atoms with Gasteiger partial charge < -0.3 is 5.32 Å². The molecule has 4 heteroatoms.